The summed E-state index contributed by atoms with van der Waals surface area (Å²) >= 11 is 0. The van der Waals surface area contributed by atoms with Crippen LogP contribution in [0.3, 0.4) is 0 Å². The normalized spacial score (nSPS) is 25.3. The van der Waals surface area contributed by atoms with Gasteiger partial charge in [0.15, 0.2) is 0 Å². The minimum Gasteiger partial charge on any atom is -0.364 e. The third-order valence-electron chi connectivity index (χ3n) is 2.93. The number of nitrogens with zero attached hydrogens (tertiary/aromatic N) is 1. The highest BCUT2D eigenvalue weighted by atomic mass is 28.4. The Balaban J connectivity index is 2.74. The van der Waals surface area contributed by atoms with Gasteiger partial charge in [-0.25, -0.2) is 0 Å². The fourth-order valence-electron chi connectivity index (χ4n) is 2.11. The van der Waals surface area contributed by atoms with Gasteiger partial charge in [-0.2, -0.15) is 0 Å². The second-order valence-electron chi connectivity index (χ2n) is 3.67. The van der Waals surface area contributed by atoms with Crippen molar-refractivity contribution >= 4 is 8.97 Å². The summed E-state index contributed by atoms with van der Waals surface area (Å²) in [6, 6.07) is 0.496. The van der Waals surface area contributed by atoms with E-state index in [0.717, 1.165) is 6.54 Å². The molecule has 0 aromatic carbocycles. The van der Waals surface area contributed by atoms with E-state index in [0.29, 0.717) is 6.04 Å². The van der Waals surface area contributed by atoms with Crippen molar-refractivity contribution in [1.29, 1.82) is 0 Å². The summed E-state index contributed by atoms with van der Waals surface area (Å²) < 4.78 is 18.7. The van der Waals surface area contributed by atoms with Crippen LogP contribution in [-0.4, -0.2) is 47.4 Å². The van der Waals surface area contributed by atoms with Crippen LogP contribution in [0.5, 0.6) is 0 Å². The summed E-state index contributed by atoms with van der Waals surface area (Å²) in [4.78, 5) is 0. The quantitative estimate of drug-likeness (QED) is 0.666. The molecule has 1 saturated heterocycles. The zero-order valence-electron chi connectivity index (χ0n) is 9.58. The third-order valence-corrected chi connectivity index (χ3v) is 5.84. The molecule has 1 unspecified atom stereocenters. The van der Waals surface area contributed by atoms with Crippen LogP contribution in [0.1, 0.15) is 26.2 Å². The zero-order chi connectivity index (χ0) is 10.6. The molecule has 0 aromatic rings. The fourth-order valence-corrected chi connectivity index (χ4v) is 4.41. The molecule has 5 heteroatoms. The highest BCUT2D eigenvalue weighted by Gasteiger charge is 2.49. The second-order valence-corrected chi connectivity index (χ2v) is 6.52. The van der Waals surface area contributed by atoms with Gasteiger partial charge in [0.2, 0.25) is 0 Å². The lowest BCUT2D eigenvalue weighted by Gasteiger charge is -2.41. The van der Waals surface area contributed by atoms with Crippen LogP contribution >= 0.6 is 0 Å². The molecular formula is C9H21NO3Si. The second kappa shape index (κ2) is 5.23. The molecule has 0 radical (unpaired) electrons. The first-order valence-corrected chi connectivity index (χ1v) is 6.79. The van der Waals surface area contributed by atoms with Crippen LogP contribution < -0.4 is 0 Å². The van der Waals surface area contributed by atoms with Gasteiger partial charge in [-0.15, -0.1) is 0 Å². The number of piperidine rings is 1. The van der Waals surface area contributed by atoms with Gasteiger partial charge in [-0.3, -0.25) is 4.57 Å². The van der Waals surface area contributed by atoms with Crippen molar-refractivity contribution < 1.29 is 13.3 Å². The molecule has 0 N–H and O–H groups in total. The number of hydrogen-bond donors (Lipinski definition) is 0. The maximum atomic E-state index is 5.47. The lowest BCUT2D eigenvalue weighted by atomic mass is 10.1. The van der Waals surface area contributed by atoms with Gasteiger partial charge in [0, 0.05) is 27.4 Å². The summed E-state index contributed by atoms with van der Waals surface area (Å²) in [6.45, 7) is 3.22. The maximum Gasteiger partial charge on any atom is 0.599 e. The first kappa shape index (κ1) is 12.1. The molecule has 1 rings (SSSR count). The predicted octanol–water partition coefficient (Wildman–Crippen LogP) is 1.24. The number of rotatable bonds is 4. The minimum absolute atomic E-state index is 0.496. The molecule has 0 bridgehead atoms. The van der Waals surface area contributed by atoms with E-state index >= 15 is 0 Å². The SMILES string of the molecule is CO[Si](OC)(OC)N1CCCCC1C. The van der Waals surface area contributed by atoms with E-state index in [4.69, 9.17) is 13.3 Å². The van der Waals surface area contributed by atoms with Crippen molar-refractivity contribution in [2.24, 2.45) is 0 Å². The summed E-state index contributed by atoms with van der Waals surface area (Å²) in [5.74, 6) is 0. The third kappa shape index (κ3) is 2.17. The maximum absolute atomic E-state index is 5.47. The van der Waals surface area contributed by atoms with Crippen molar-refractivity contribution in [3.05, 3.63) is 0 Å². The van der Waals surface area contributed by atoms with Crippen LogP contribution in [-0.2, 0) is 13.3 Å². The topological polar surface area (TPSA) is 30.9 Å². The van der Waals surface area contributed by atoms with Crippen LogP contribution in [0, 0.1) is 0 Å². The molecule has 0 amide bonds. The van der Waals surface area contributed by atoms with Gasteiger partial charge < -0.3 is 13.3 Å². The Morgan fingerprint density at radius 3 is 2.07 bits per heavy atom. The Morgan fingerprint density at radius 2 is 1.64 bits per heavy atom. The summed E-state index contributed by atoms with van der Waals surface area (Å²) in [6.07, 6.45) is 3.69. The Hall–Kier alpha value is 0.0569. The standard InChI is InChI=1S/C9H21NO3Si/c1-9-7-5-6-8-10(9)14(11-2,12-3)13-4/h9H,5-8H2,1-4H3. The molecule has 0 aliphatic carbocycles. The molecule has 0 saturated carbocycles. The Bertz CT molecular complexity index is 167. The predicted molar refractivity (Wildman–Crippen MR) is 56.8 cm³/mol. The first-order valence-electron chi connectivity index (χ1n) is 5.12. The van der Waals surface area contributed by atoms with E-state index in [1.807, 2.05) is 0 Å². The monoisotopic (exact) mass is 219 g/mol. The van der Waals surface area contributed by atoms with Gasteiger partial charge >= 0.3 is 8.97 Å². The van der Waals surface area contributed by atoms with E-state index in [1.165, 1.54) is 19.3 Å². The Morgan fingerprint density at radius 1 is 1.07 bits per heavy atom. The van der Waals surface area contributed by atoms with Gasteiger partial charge in [-0.1, -0.05) is 6.42 Å². The lowest BCUT2D eigenvalue weighted by Crippen LogP contribution is -2.63. The summed E-state index contributed by atoms with van der Waals surface area (Å²) in [7, 11) is 2.46. The van der Waals surface area contributed by atoms with E-state index < -0.39 is 8.97 Å². The smallest absolute Gasteiger partial charge is 0.364 e. The molecule has 1 aliphatic heterocycles. The van der Waals surface area contributed by atoms with Crippen molar-refractivity contribution in [2.75, 3.05) is 27.9 Å². The molecule has 1 atom stereocenters. The van der Waals surface area contributed by atoms with Crippen molar-refractivity contribution in [3.8, 4) is 0 Å². The van der Waals surface area contributed by atoms with E-state index in [9.17, 15) is 0 Å². The van der Waals surface area contributed by atoms with Crippen LogP contribution in [0.4, 0.5) is 0 Å². The average molecular weight is 219 g/mol. The molecule has 4 nitrogen and oxygen atoms in total. The first-order chi connectivity index (χ1) is 6.70. The van der Waals surface area contributed by atoms with Gasteiger partial charge in [0.05, 0.1) is 0 Å². The zero-order valence-corrected chi connectivity index (χ0v) is 10.6. The van der Waals surface area contributed by atoms with Crippen LogP contribution in [0.25, 0.3) is 0 Å². The molecule has 1 fully saturated rings. The summed E-state index contributed by atoms with van der Waals surface area (Å²) in [5.41, 5.74) is 0. The van der Waals surface area contributed by atoms with Crippen LogP contribution in [0.15, 0.2) is 0 Å². The van der Waals surface area contributed by atoms with Crippen LogP contribution in [0.2, 0.25) is 0 Å². The van der Waals surface area contributed by atoms with Gasteiger partial charge in [0.25, 0.3) is 0 Å². The highest BCUT2D eigenvalue weighted by Crippen LogP contribution is 2.24. The van der Waals surface area contributed by atoms with Crippen molar-refractivity contribution in [2.45, 2.75) is 32.2 Å². The van der Waals surface area contributed by atoms with Gasteiger partial charge in [0.1, 0.15) is 0 Å². The molecule has 84 valence electrons. The van der Waals surface area contributed by atoms with Gasteiger partial charge in [-0.05, 0) is 26.3 Å². The Labute approximate surface area is 87.6 Å². The highest BCUT2D eigenvalue weighted by molar-refractivity contribution is 6.57. The molecular weight excluding hydrogens is 198 g/mol. The van der Waals surface area contributed by atoms with Crippen molar-refractivity contribution in [3.63, 3.8) is 0 Å². The molecule has 14 heavy (non-hydrogen) atoms. The molecule has 0 spiro atoms. The van der Waals surface area contributed by atoms with Crippen molar-refractivity contribution in [1.82, 2.24) is 4.57 Å². The Kier molecular flexibility index (Phi) is 4.53. The van der Waals surface area contributed by atoms with E-state index in [2.05, 4.69) is 11.5 Å². The lowest BCUT2D eigenvalue weighted by molar-refractivity contribution is 0.0338. The molecule has 1 heterocycles. The average Bonchev–Trinajstić information content (AvgIpc) is 2.24. The largest absolute Gasteiger partial charge is 0.599 e. The van der Waals surface area contributed by atoms with E-state index in [-0.39, 0.29) is 0 Å². The molecule has 0 aromatic heterocycles. The number of hydrogen-bond acceptors (Lipinski definition) is 4. The molecule has 1 aliphatic rings. The van der Waals surface area contributed by atoms with E-state index in [1.54, 1.807) is 21.3 Å². The minimum atomic E-state index is -2.55. The fraction of sp³-hybridized carbons (Fsp3) is 1.00. The summed E-state index contributed by atoms with van der Waals surface area (Å²) in [5, 5.41) is 0.